The number of amides is 1. The molecular formula is C12H11Cl2NO4. The highest BCUT2D eigenvalue weighted by Gasteiger charge is 2.38. The Morgan fingerprint density at radius 2 is 2.16 bits per heavy atom. The first-order valence-corrected chi connectivity index (χ1v) is 6.35. The van der Waals surface area contributed by atoms with Crippen molar-refractivity contribution in [2.24, 2.45) is 0 Å². The fourth-order valence-corrected chi connectivity index (χ4v) is 2.19. The van der Waals surface area contributed by atoms with Gasteiger partial charge in [0.15, 0.2) is 0 Å². The molecular weight excluding hydrogens is 293 g/mol. The molecule has 0 aromatic heterocycles. The van der Waals surface area contributed by atoms with E-state index in [4.69, 9.17) is 33.0 Å². The monoisotopic (exact) mass is 303 g/mol. The Labute approximate surface area is 119 Å². The van der Waals surface area contributed by atoms with Gasteiger partial charge in [-0.15, -0.1) is 0 Å². The van der Waals surface area contributed by atoms with Crippen LogP contribution in [0.4, 0.5) is 4.79 Å². The van der Waals surface area contributed by atoms with Crippen molar-refractivity contribution in [3.63, 3.8) is 0 Å². The molecule has 0 radical (unpaired) electrons. The molecule has 1 aliphatic rings. The molecule has 1 amide bonds. The normalized spacial score (nSPS) is 17.8. The molecule has 1 unspecified atom stereocenters. The minimum absolute atomic E-state index is 0.0162. The lowest BCUT2D eigenvalue weighted by Gasteiger charge is -2.36. The highest BCUT2D eigenvalue weighted by atomic mass is 35.5. The van der Waals surface area contributed by atoms with E-state index in [9.17, 15) is 9.59 Å². The third-order valence-electron chi connectivity index (χ3n) is 2.91. The van der Waals surface area contributed by atoms with Gasteiger partial charge in [-0.1, -0.05) is 29.3 Å². The van der Waals surface area contributed by atoms with Crippen LogP contribution in [0, 0.1) is 0 Å². The third-order valence-corrected chi connectivity index (χ3v) is 3.49. The molecule has 1 atom stereocenters. The Hall–Kier alpha value is -1.46. The zero-order valence-corrected chi connectivity index (χ0v) is 11.3. The lowest BCUT2D eigenvalue weighted by atomic mass is 10.1. The lowest BCUT2D eigenvalue weighted by Crippen LogP contribution is -2.55. The summed E-state index contributed by atoms with van der Waals surface area (Å²) < 4.78 is 5.03. The van der Waals surface area contributed by atoms with Crippen molar-refractivity contribution in [2.75, 3.05) is 6.54 Å². The molecule has 1 heterocycles. The first kappa shape index (κ1) is 14.0. The van der Waals surface area contributed by atoms with E-state index in [1.807, 2.05) is 0 Å². The molecule has 0 spiro atoms. The molecule has 1 aromatic rings. The van der Waals surface area contributed by atoms with Gasteiger partial charge in [0.25, 0.3) is 0 Å². The van der Waals surface area contributed by atoms with Crippen molar-refractivity contribution >= 4 is 35.3 Å². The van der Waals surface area contributed by atoms with E-state index in [0.29, 0.717) is 28.6 Å². The fourth-order valence-electron chi connectivity index (χ4n) is 1.72. The molecule has 19 heavy (non-hydrogen) atoms. The van der Waals surface area contributed by atoms with Crippen molar-refractivity contribution in [3.8, 4) is 0 Å². The van der Waals surface area contributed by atoms with Crippen LogP contribution in [-0.2, 0) is 16.1 Å². The number of aliphatic carboxylic acids is 1. The predicted octanol–water partition coefficient (Wildman–Crippen LogP) is 2.79. The average Bonchev–Trinajstić information content (AvgIpc) is 2.25. The Morgan fingerprint density at radius 1 is 1.42 bits per heavy atom. The van der Waals surface area contributed by atoms with Crippen molar-refractivity contribution < 1.29 is 19.4 Å². The second-order valence-corrected chi connectivity index (χ2v) is 4.97. The van der Waals surface area contributed by atoms with Gasteiger partial charge in [0.05, 0.1) is 0 Å². The van der Waals surface area contributed by atoms with Crippen LogP contribution in [0.5, 0.6) is 0 Å². The molecule has 5 nitrogen and oxygen atoms in total. The number of hydrogen-bond acceptors (Lipinski definition) is 3. The highest BCUT2D eigenvalue weighted by Crippen LogP contribution is 2.23. The number of carboxylic acid groups (broad SMARTS) is 1. The Morgan fingerprint density at radius 3 is 2.68 bits per heavy atom. The van der Waals surface area contributed by atoms with Crippen LogP contribution < -0.4 is 0 Å². The van der Waals surface area contributed by atoms with Crippen LogP contribution in [0.25, 0.3) is 0 Å². The van der Waals surface area contributed by atoms with Crippen LogP contribution in [0.15, 0.2) is 18.2 Å². The number of rotatable bonds is 3. The maximum Gasteiger partial charge on any atom is 0.410 e. The molecule has 1 N–H and O–H groups in total. The van der Waals surface area contributed by atoms with Crippen LogP contribution in [-0.4, -0.2) is 34.7 Å². The zero-order chi connectivity index (χ0) is 14.0. The van der Waals surface area contributed by atoms with Gasteiger partial charge in [0, 0.05) is 22.2 Å². The molecule has 1 fully saturated rings. The van der Waals surface area contributed by atoms with Crippen molar-refractivity contribution in [1.82, 2.24) is 4.90 Å². The molecule has 102 valence electrons. The van der Waals surface area contributed by atoms with Crippen LogP contribution in [0.1, 0.15) is 12.0 Å². The van der Waals surface area contributed by atoms with Gasteiger partial charge < -0.3 is 9.84 Å². The van der Waals surface area contributed by atoms with E-state index in [2.05, 4.69) is 0 Å². The van der Waals surface area contributed by atoms with E-state index in [1.54, 1.807) is 18.2 Å². The Balaban J connectivity index is 1.92. The standard InChI is InChI=1S/C12H11Cl2NO4/c13-8-2-1-7(9(14)5-8)6-19-12(18)15-4-3-10(15)11(16)17/h1-2,5,10H,3-4,6H2,(H,16,17). The van der Waals surface area contributed by atoms with E-state index in [-0.39, 0.29) is 6.61 Å². The van der Waals surface area contributed by atoms with Gasteiger partial charge in [-0.3, -0.25) is 4.90 Å². The topological polar surface area (TPSA) is 66.8 Å². The largest absolute Gasteiger partial charge is 0.480 e. The quantitative estimate of drug-likeness (QED) is 0.932. The first-order chi connectivity index (χ1) is 8.99. The summed E-state index contributed by atoms with van der Waals surface area (Å²) in [4.78, 5) is 23.6. The highest BCUT2D eigenvalue weighted by molar-refractivity contribution is 6.35. The summed E-state index contributed by atoms with van der Waals surface area (Å²) in [6, 6.07) is 4.06. The van der Waals surface area contributed by atoms with Gasteiger partial charge in [-0.2, -0.15) is 0 Å². The summed E-state index contributed by atoms with van der Waals surface area (Å²) in [5.74, 6) is -1.02. The average molecular weight is 304 g/mol. The van der Waals surface area contributed by atoms with E-state index in [1.165, 1.54) is 4.90 Å². The number of carboxylic acids is 1. The van der Waals surface area contributed by atoms with Crippen LogP contribution in [0.3, 0.4) is 0 Å². The molecule has 1 aromatic carbocycles. The summed E-state index contributed by atoms with van der Waals surface area (Å²) in [5.41, 5.74) is 0.617. The number of nitrogens with zero attached hydrogens (tertiary/aromatic N) is 1. The van der Waals surface area contributed by atoms with Crippen LogP contribution >= 0.6 is 23.2 Å². The smallest absolute Gasteiger partial charge is 0.410 e. The second-order valence-electron chi connectivity index (χ2n) is 4.13. The maximum absolute atomic E-state index is 11.7. The van der Waals surface area contributed by atoms with Gasteiger partial charge in [0.2, 0.25) is 0 Å². The number of ether oxygens (including phenoxy) is 1. The summed E-state index contributed by atoms with van der Waals surface area (Å²) in [6.07, 6.45) is -0.198. The van der Waals surface area contributed by atoms with Crippen molar-refractivity contribution in [2.45, 2.75) is 19.1 Å². The number of carbonyl (C=O) groups is 2. The Kier molecular flexibility index (Phi) is 4.17. The third kappa shape index (κ3) is 3.11. The second kappa shape index (κ2) is 5.67. The number of hydrogen-bond donors (Lipinski definition) is 1. The number of likely N-dealkylation sites (tertiary alicyclic amines) is 1. The number of benzene rings is 1. The van der Waals surface area contributed by atoms with Crippen LogP contribution in [0.2, 0.25) is 10.0 Å². The molecule has 0 saturated carbocycles. The Bertz CT molecular complexity index is 520. The summed E-state index contributed by atoms with van der Waals surface area (Å²) >= 11 is 11.7. The minimum Gasteiger partial charge on any atom is -0.480 e. The molecule has 0 bridgehead atoms. The van der Waals surface area contributed by atoms with Gasteiger partial charge in [0.1, 0.15) is 12.6 Å². The number of halogens is 2. The van der Waals surface area contributed by atoms with E-state index in [0.717, 1.165) is 0 Å². The van der Waals surface area contributed by atoms with Crippen molar-refractivity contribution in [3.05, 3.63) is 33.8 Å². The summed E-state index contributed by atoms with van der Waals surface area (Å²) in [6.45, 7) is 0.377. The zero-order valence-electron chi connectivity index (χ0n) is 9.81. The molecule has 1 aliphatic heterocycles. The first-order valence-electron chi connectivity index (χ1n) is 5.59. The molecule has 0 aliphatic carbocycles. The summed E-state index contributed by atoms with van der Waals surface area (Å²) in [7, 11) is 0. The summed E-state index contributed by atoms with van der Waals surface area (Å²) in [5, 5.41) is 9.72. The number of carbonyl (C=O) groups excluding carboxylic acids is 1. The van der Waals surface area contributed by atoms with E-state index >= 15 is 0 Å². The minimum atomic E-state index is -1.02. The molecule has 2 rings (SSSR count). The lowest BCUT2D eigenvalue weighted by molar-refractivity contribution is -0.146. The van der Waals surface area contributed by atoms with Gasteiger partial charge in [-0.25, -0.2) is 9.59 Å². The molecule has 7 heteroatoms. The fraction of sp³-hybridized carbons (Fsp3) is 0.333. The van der Waals surface area contributed by atoms with Gasteiger partial charge in [-0.05, 0) is 18.6 Å². The van der Waals surface area contributed by atoms with E-state index < -0.39 is 18.1 Å². The van der Waals surface area contributed by atoms with Crippen molar-refractivity contribution in [1.29, 1.82) is 0 Å². The maximum atomic E-state index is 11.7. The SMILES string of the molecule is O=C(O)C1CCN1C(=O)OCc1ccc(Cl)cc1Cl. The van der Waals surface area contributed by atoms with Gasteiger partial charge >= 0.3 is 12.1 Å². The predicted molar refractivity (Wildman–Crippen MR) is 69.4 cm³/mol. The molecule has 1 saturated heterocycles.